The van der Waals surface area contributed by atoms with Gasteiger partial charge in [0.25, 0.3) is 0 Å². The third kappa shape index (κ3) is 4.27. The average molecular weight is 379 g/mol. The van der Waals surface area contributed by atoms with Crippen molar-refractivity contribution >= 4 is 5.91 Å². The van der Waals surface area contributed by atoms with E-state index >= 15 is 0 Å². The van der Waals surface area contributed by atoms with Gasteiger partial charge in [-0.1, -0.05) is 49.6 Å². The Morgan fingerprint density at radius 3 is 2.61 bits per heavy atom. The van der Waals surface area contributed by atoms with Crippen molar-refractivity contribution in [3.05, 3.63) is 54.4 Å². The van der Waals surface area contributed by atoms with Gasteiger partial charge in [-0.2, -0.15) is 0 Å². The monoisotopic (exact) mass is 378 g/mol. The zero-order chi connectivity index (χ0) is 19.2. The minimum Gasteiger partial charge on any atom is -0.381 e. The molecule has 1 saturated heterocycles. The van der Waals surface area contributed by atoms with Crippen LogP contribution in [0.25, 0.3) is 11.1 Å². The third-order valence-electron chi connectivity index (χ3n) is 6.39. The van der Waals surface area contributed by atoms with Gasteiger partial charge in [0.1, 0.15) is 0 Å². The molecule has 0 atom stereocenters. The Bertz CT molecular complexity index is 778. The Labute approximate surface area is 167 Å². The van der Waals surface area contributed by atoms with E-state index in [0.29, 0.717) is 19.3 Å². The highest BCUT2D eigenvalue weighted by atomic mass is 16.5. The molecule has 28 heavy (non-hydrogen) atoms. The topological polar surface area (TPSA) is 51.2 Å². The second-order valence-corrected chi connectivity index (χ2v) is 8.28. The lowest BCUT2D eigenvalue weighted by atomic mass is 9.73. The lowest BCUT2D eigenvalue weighted by molar-refractivity contribution is -0.137. The summed E-state index contributed by atoms with van der Waals surface area (Å²) < 4.78 is 5.63. The van der Waals surface area contributed by atoms with E-state index in [-0.39, 0.29) is 11.3 Å². The number of hydrogen-bond donors (Lipinski definition) is 1. The van der Waals surface area contributed by atoms with Crippen LogP contribution in [0.5, 0.6) is 0 Å². The molecule has 1 aliphatic carbocycles. The number of ether oxygens (including phenoxy) is 1. The van der Waals surface area contributed by atoms with Crippen LogP contribution in [0, 0.1) is 5.41 Å². The third-order valence-corrected chi connectivity index (χ3v) is 6.39. The molecule has 2 aliphatic rings. The van der Waals surface area contributed by atoms with E-state index in [9.17, 15) is 4.79 Å². The fourth-order valence-corrected chi connectivity index (χ4v) is 4.67. The first-order chi connectivity index (χ1) is 13.8. The summed E-state index contributed by atoms with van der Waals surface area (Å²) >= 11 is 0. The van der Waals surface area contributed by atoms with Crippen LogP contribution >= 0.6 is 0 Å². The zero-order valence-electron chi connectivity index (χ0n) is 16.5. The molecule has 1 aromatic heterocycles. The van der Waals surface area contributed by atoms with E-state index in [1.165, 1.54) is 30.4 Å². The summed E-state index contributed by atoms with van der Waals surface area (Å²) in [5, 5.41) is 3.40. The number of nitrogens with one attached hydrogen (secondary N) is 1. The molecule has 0 unspecified atom stereocenters. The summed E-state index contributed by atoms with van der Waals surface area (Å²) in [5.41, 5.74) is 3.12. The normalized spacial score (nSPS) is 19.9. The first-order valence-corrected chi connectivity index (χ1v) is 10.6. The highest BCUT2D eigenvalue weighted by Crippen LogP contribution is 2.38. The highest BCUT2D eigenvalue weighted by Gasteiger charge is 2.41. The predicted molar refractivity (Wildman–Crippen MR) is 111 cm³/mol. The number of amides is 1. The van der Waals surface area contributed by atoms with Crippen LogP contribution < -0.4 is 5.32 Å². The largest absolute Gasteiger partial charge is 0.381 e. The van der Waals surface area contributed by atoms with E-state index in [1.54, 1.807) is 6.20 Å². The van der Waals surface area contributed by atoms with Gasteiger partial charge in [-0.25, -0.2) is 0 Å². The minimum absolute atomic E-state index is 0.226. The first-order valence-electron chi connectivity index (χ1n) is 10.6. The van der Waals surface area contributed by atoms with E-state index in [1.807, 2.05) is 12.3 Å². The van der Waals surface area contributed by atoms with Gasteiger partial charge >= 0.3 is 0 Å². The number of hydrogen-bond acceptors (Lipinski definition) is 3. The van der Waals surface area contributed by atoms with Gasteiger partial charge < -0.3 is 10.1 Å². The molecule has 4 nitrogen and oxygen atoms in total. The number of nitrogens with zero attached hydrogens (tertiary/aromatic N) is 1. The van der Waals surface area contributed by atoms with Gasteiger partial charge in [-0.05, 0) is 49.3 Å². The zero-order valence-corrected chi connectivity index (χ0v) is 16.5. The van der Waals surface area contributed by atoms with Gasteiger partial charge in [0.2, 0.25) is 5.91 Å². The maximum absolute atomic E-state index is 13.5. The molecule has 4 heteroatoms. The first kappa shape index (κ1) is 19.1. The summed E-state index contributed by atoms with van der Waals surface area (Å²) in [5.74, 6) is 0.226. The van der Waals surface area contributed by atoms with E-state index < -0.39 is 0 Å². The van der Waals surface area contributed by atoms with Gasteiger partial charge in [-0.15, -0.1) is 0 Å². The highest BCUT2D eigenvalue weighted by molar-refractivity contribution is 5.84. The van der Waals surface area contributed by atoms with Crippen LogP contribution in [0.3, 0.4) is 0 Å². The Morgan fingerprint density at radius 2 is 1.86 bits per heavy atom. The van der Waals surface area contributed by atoms with Crippen LogP contribution in [-0.4, -0.2) is 30.1 Å². The van der Waals surface area contributed by atoms with Gasteiger partial charge in [0.05, 0.1) is 5.41 Å². The standard InChI is InChI=1S/C24H30N2O2/c27-23(26-21-9-2-1-3-10-21)24(12-15-28-16-13-24)17-19-7-4-5-11-22(19)20-8-6-14-25-18-20/h4-8,11,14,18,21H,1-3,9-10,12-13,15-17H2,(H,26,27). The second-order valence-electron chi connectivity index (χ2n) is 8.28. The minimum atomic E-state index is -0.381. The summed E-state index contributed by atoms with van der Waals surface area (Å²) in [6.07, 6.45) is 12.0. The molecule has 2 fully saturated rings. The molecular weight excluding hydrogens is 348 g/mol. The van der Waals surface area contributed by atoms with Crippen LogP contribution in [0.4, 0.5) is 0 Å². The van der Waals surface area contributed by atoms with Crippen molar-refractivity contribution in [3.63, 3.8) is 0 Å². The SMILES string of the molecule is O=C(NC1CCCCC1)C1(Cc2ccccc2-c2cccnc2)CCOCC1. The Balaban J connectivity index is 1.60. The fourth-order valence-electron chi connectivity index (χ4n) is 4.67. The number of carbonyl (C=O) groups excluding carboxylic acids is 1. The number of carbonyl (C=O) groups is 1. The van der Waals surface area contributed by atoms with Crippen molar-refractivity contribution in [1.82, 2.24) is 10.3 Å². The molecule has 1 saturated carbocycles. The van der Waals surface area contributed by atoms with Crippen molar-refractivity contribution < 1.29 is 9.53 Å². The molecule has 0 radical (unpaired) electrons. The molecule has 148 valence electrons. The fraction of sp³-hybridized carbons (Fsp3) is 0.500. The Hall–Kier alpha value is -2.20. The van der Waals surface area contributed by atoms with Crippen molar-refractivity contribution in [2.24, 2.45) is 5.41 Å². The Morgan fingerprint density at radius 1 is 1.07 bits per heavy atom. The Kier molecular flexibility index (Phi) is 6.06. The van der Waals surface area contributed by atoms with Crippen LogP contribution in [0.2, 0.25) is 0 Å². The lowest BCUT2D eigenvalue weighted by Crippen LogP contribution is -2.49. The molecule has 1 amide bonds. The second kappa shape index (κ2) is 8.87. The van der Waals surface area contributed by atoms with E-state index in [4.69, 9.17) is 4.74 Å². The van der Waals surface area contributed by atoms with E-state index in [2.05, 4.69) is 40.6 Å². The molecule has 4 rings (SSSR count). The smallest absolute Gasteiger partial charge is 0.226 e. The number of benzene rings is 1. The number of rotatable bonds is 5. The quantitative estimate of drug-likeness (QED) is 0.831. The summed E-state index contributed by atoms with van der Waals surface area (Å²) in [7, 11) is 0. The van der Waals surface area contributed by atoms with Crippen molar-refractivity contribution in [2.45, 2.75) is 57.4 Å². The van der Waals surface area contributed by atoms with Crippen LogP contribution in [0.1, 0.15) is 50.5 Å². The number of pyridine rings is 1. The molecule has 2 aromatic rings. The molecule has 0 bridgehead atoms. The number of aromatic nitrogens is 1. The van der Waals surface area contributed by atoms with Crippen LogP contribution in [-0.2, 0) is 16.0 Å². The van der Waals surface area contributed by atoms with E-state index in [0.717, 1.165) is 37.7 Å². The predicted octanol–water partition coefficient (Wildman–Crippen LogP) is 4.54. The average Bonchev–Trinajstić information content (AvgIpc) is 2.76. The summed E-state index contributed by atoms with van der Waals surface area (Å²) in [6, 6.07) is 12.8. The maximum atomic E-state index is 13.5. The van der Waals surface area contributed by atoms with Gasteiger partial charge in [0, 0.05) is 37.2 Å². The lowest BCUT2D eigenvalue weighted by Gasteiger charge is -2.38. The molecular formula is C24H30N2O2. The summed E-state index contributed by atoms with van der Waals surface area (Å²) in [4.78, 5) is 17.7. The molecule has 1 aromatic carbocycles. The summed E-state index contributed by atoms with van der Waals surface area (Å²) in [6.45, 7) is 1.32. The van der Waals surface area contributed by atoms with Crippen LogP contribution in [0.15, 0.2) is 48.8 Å². The van der Waals surface area contributed by atoms with Gasteiger partial charge in [0.15, 0.2) is 0 Å². The molecule has 1 aliphatic heterocycles. The maximum Gasteiger partial charge on any atom is 0.226 e. The van der Waals surface area contributed by atoms with Crippen molar-refractivity contribution in [3.8, 4) is 11.1 Å². The van der Waals surface area contributed by atoms with Crippen molar-refractivity contribution in [2.75, 3.05) is 13.2 Å². The molecule has 0 spiro atoms. The molecule has 2 heterocycles. The van der Waals surface area contributed by atoms with Crippen molar-refractivity contribution in [1.29, 1.82) is 0 Å². The molecule has 1 N–H and O–H groups in total. The van der Waals surface area contributed by atoms with Gasteiger partial charge in [-0.3, -0.25) is 9.78 Å².